The molecule has 4 heteroatoms. The van der Waals surface area contributed by atoms with Gasteiger partial charge in [0, 0.05) is 30.4 Å². The molecule has 0 heterocycles. The average Bonchev–Trinajstić information content (AvgIpc) is 2.36. The molecule has 19 heavy (non-hydrogen) atoms. The molecule has 1 aromatic rings. The summed E-state index contributed by atoms with van der Waals surface area (Å²) in [4.78, 5) is 14.2. The molecule has 2 N–H and O–H groups in total. The number of hydrogen-bond donors (Lipinski definition) is 2. The number of carbonyl (C=O) groups is 1. The molecule has 4 nitrogen and oxygen atoms in total. The Hall–Kier alpha value is -1.55. The molecule has 0 spiro atoms. The monoisotopic (exact) mass is 263 g/mol. The summed E-state index contributed by atoms with van der Waals surface area (Å²) in [5, 5.41) is 6.21. The van der Waals surface area contributed by atoms with Gasteiger partial charge in [-0.25, -0.2) is 0 Å². The lowest BCUT2D eigenvalue weighted by Gasteiger charge is -2.20. The third-order valence-electron chi connectivity index (χ3n) is 3.29. The van der Waals surface area contributed by atoms with Gasteiger partial charge in [0.15, 0.2) is 0 Å². The van der Waals surface area contributed by atoms with E-state index in [1.165, 1.54) is 0 Å². The van der Waals surface area contributed by atoms with Crippen LogP contribution in [0.2, 0.25) is 0 Å². The van der Waals surface area contributed by atoms with Gasteiger partial charge in [-0.05, 0) is 58.6 Å². The lowest BCUT2D eigenvalue weighted by atomic mass is 10.1. The van der Waals surface area contributed by atoms with Gasteiger partial charge < -0.3 is 15.5 Å². The number of amides is 1. The number of carbonyl (C=O) groups excluding carboxylic acids is 1. The summed E-state index contributed by atoms with van der Waals surface area (Å²) in [6, 6.07) is 6.16. The largest absolute Gasteiger partial charge is 0.385 e. The Bertz CT molecular complexity index is 429. The van der Waals surface area contributed by atoms with Crippen LogP contribution in [0, 0.1) is 6.92 Å². The molecule has 106 valence electrons. The van der Waals surface area contributed by atoms with Gasteiger partial charge >= 0.3 is 0 Å². The Labute approximate surface area is 116 Å². The molecule has 1 rings (SSSR count). The minimum atomic E-state index is -0.00533. The van der Waals surface area contributed by atoms with E-state index >= 15 is 0 Å². The standard InChI is InChI=1S/C15H25N3O/c1-6-16-13-7-8-14(11(2)9-13)15(19)17-10-12(3)18(4)5/h7-9,12,16H,6,10H2,1-5H3,(H,17,19). The molecule has 1 amide bonds. The van der Waals surface area contributed by atoms with Crippen molar-refractivity contribution in [2.45, 2.75) is 26.8 Å². The molecular weight excluding hydrogens is 238 g/mol. The van der Waals surface area contributed by atoms with Gasteiger partial charge in [0.05, 0.1) is 0 Å². The summed E-state index contributed by atoms with van der Waals surface area (Å²) < 4.78 is 0. The van der Waals surface area contributed by atoms with Crippen molar-refractivity contribution in [2.75, 3.05) is 32.5 Å². The van der Waals surface area contributed by atoms with E-state index in [9.17, 15) is 4.79 Å². The zero-order chi connectivity index (χ0) is 14.4. The normalized spacial score (nSPS) is 12.3. The highest BCUT2D eigenvalue weighted by Crippen LogP contribution is 2.15. The van der Waals surface area contributed by atoms with Crippen molar-refractivity contribution in [2.24, 2.45) is 0 Å². The molecule has 0 aliphatic rings. The van der Waals surface area contributed by atoms with Gasteiger partial charge in [-0.3, -0.25) is 4.79 Å². The number of rotatable bonds is 6. The SMILES string of the molecule is CCNc1ccc(C(=O)NCC(C)N(C)C)c(C)c1. The number of benzene rings is 1. The first-order valence-corrected chi connectivity index (χ1v) is 6.74. The van der Waals surface area contributed by atoms with Crippen LogP contribution in [-0.2, 0) is 0 Å². The number of hydrogen-bond acceptors (Lipinski definition) is 3. The van der Waals surface area contributed by atoms with Crippen LogP contribution in [0.25, 0.3) is 0 Å². The number of aryl methyl sites for hydroxylation is 1. The minimum Gasteiger partial charge on any atom is -0.385 e. The summed E-state index contributed by atoms with van der Waals surface area (Å²) in [6.07, 6.45) is 0. The highest BCUT2D eigenvalue weighted by atomic mass is 16.1. The zero-order valence-electron chi connectivity index (χ0n) is 12.6. The predicted molar refractivity (Wildman–Crippen MR) is 80.8 cm³/mol. The van der Waals surface area contributed by atoms with E-state index in [1.54, 1.807) is 0 Å². The molecule has 0 saturated carbocycles. The van der Waals surface area contributed by atoms with Crippen LogP contribution in [0.15, 0.2) is 18.2 Å². The lowest BCUT2D eigenvalue weighted by molar-refractivity contribution is 0.0943. The van der Waals surface area contributed by atoms with Crippen LogP contribution in [0.4, 0.5) is 5.69 Å². The number of anilines is 1. The maximum atomic E-state index is 12.1. The first-order valence-electron chi connectivity index (χ1n) is 6.74. The van der Waals surface area contributed by atoms with Crippen LogP contribution in [0.5, 0.6) is 0 Å². The first kappa shape index (κ1) is 15.5. The Morgan fingerprint density at radius 2 is 2.05 bits per heavy atom. The molecule has 1 atom stereocenters. The molecule has 0 aromatic heterocycles. The second kappa shape index (κ2) is 7.14. The molecule has 0 aliphatic carbocycles. The molecule has 1 aromatic carbocycles. The van der Waals surface area contributed by atoms with E-state index in [0.29, 0.717) is 12.6 Å². The first-order chi connectivity index (χ1) is 8.95. The fraction of sp³-hybridized carbons (Fsp3) is 0.533. The van der Waals surface area contributed by atoms with E-state index < -0.39 is 0 Å². The topological polar surface area (TPSA) is 44.4 Å². The van der Waals surface area contributed by atoms with Gasteiger partial charge in [-0.1, -0.05) is 0 Å². The highest BCUT2D eigenvalue weighted by molar-refractivity contribution is 5.96. The van der Waals surface area contributed by atoms with Crippen LogP contribution in [0.3, 0.4) is 0 Å². The highest BCUT2D eigenvalue weighted by Gasteiger charge is 2.11. The van der Waals surface area contributed by atoms with Crippen molar-refractivity contribution >= 4 is 11.6 Å². The minimum absolute atomic E-state index is 0.00533. The second-order valence-electron chi connectivity index (χ2n) is 5.08. The van der Waals surface area contributed by atoms with Gasteiger partial charge in [-0.2, -0.15) is 0 Å². The summed E-state index contributed by atoms with van der Waals surface area (Å²) in [6.45, 7) is 7.64. The summed E-state index contributed by atoms with van der Waals surface area (Å²) in [7, 11) is 4.01. The maximum absolute atomic E-state index is 12.1. The number of likely N-dealkylation sites (N-methyl/N-ethyl adjacent to an activating group) is 1. The van der Waals surface area contributed by atoms with E-state index in [-0.39, 0.29) is 5.91 Å². The molecule has 0 aliphatic heterocycles. The van der Waals surface area contributed by atoms with Crippen LogP contribution in [-0.4, -0.2) is 44.0 Å². The maximum Gasteiger partial charge on any atom is 0.251 e. The van der Waals surface area contributed by atoms with Crippen molar-refractivity contribution in [3.05, 3.63) is 29.3 Å². The Kier molecular flexibility index (Phi) is 5.83. The Morgan fingerprint density at radius 3 is 2.58 bits per heavy atom. The molecule has 0 radical (unpaired) electrons. The van der Waals surface area contributed by atoms with Crippen molar-refractivity contribution in [1.29, 1.82) is 0 Å². The number of nitrogens with one attached hydrogen (secondary N) is 2. The molecule has 0 fully saturated rings. The van der Waals surface area contributed by atoms with Crippen molar-refractivity contribution in [1.82, 2.24) is 10.2 Å². The van der Waals surface area contributed by atoms with E-state index in [2.05, 4.69) is 29.4 Å². The fourth-order valence-corrected chi connectivity index (χ4v) is 1.75. The molecular formula is C15H25N3O. The van der Waals surface area contributed by atoms with Gasteiger partial charge in [0.1, 0.15) is 0 Å². The average molecular weight is 263 g/mol. The van der Waals surface area contributed by atoms with Gasteiger partial charge in [0.25, 0.3) is 5.91 Å². The van der Waals surface area contributed by atoms with E-state index in [4.69, 9.17) is 0 Å². The molecule has 1 unspecified atom stereocenters. The van der Waals surface area contributed by atoms with Crippen LogP contribution in [0.1, 0.15) is 29.8 Å². The third kappa shape index (κ3) is 4.56. The van der Waals surface area contributed by atoms with Crippen LogP contribution < -0.4 is 10.6 Å². The van der Waals surface area contributed by atoms with Crippen molar-refractivity contribution in [3.63, 3.8) is 0 Å². The third-order valence-corrected chi connectivity index (χ3v) is 3.29. The lowest BCUT2D eigenvalue weighted by Crippen LogP contribution is -2.38. The van der Waals surface area contributed by atoms with Gasteiger partial charge in [-0.15, -0.1) is 0 Å². The number of nitrogens with zero attached hydrogens (tertiary/aromatic N) is 1. The predicted octanol–water partition coefficient (Wildman–Crippen LogP) is 2.11. The molecule has 0 saturated heterocycles. The quantitative estimate of drug-likeness (QED) is 0.826. The van der Waals surface area contributed by atoms with E-state index in [1.807, 2.05) is 39.2 Å². The summed E-state index contributed by atoms with van der Waals surface area (Å²) in [5.74, 6) is -0.00533. The van der Waals surface area contributed by atoms with Crippen molar-refractivity contribution in [3.8, 4) is 0 Å². The molecule has 0 bridgehead atoms. The zero-order valence-corrected chi connectivity index (χ0v) is 12.6. The fourth-order valence-electron chi connectivity index (χ4n) is 1.75. The van der Waals surface area contributed by atoms with E-state index in [0.717, 1.165) is 23.4 Å². The summed E-state index contributed by atoms with van der Waals surface area (Å²) >= 11 is 0. The Morgan fingerprint density at radius 1 is 1.37 bits per heavy atom. The smallest absolute Gasteiger partial charge is 0.251 e. The van der Waals surface area contributed by atoms with Crippen LogP contribution >= 0.6 is 0 Å². The van der Waals surface area contributed by atoms with Crippen molar-refractivity contribution < 1.29 is 4.79 Å². The summed E-state index contributed by atoms with van der Waals surface area (Å²) in [5.41, 5.74) is 2.79. The van der Waals surface area contributed by atoms with Gasteiger partial charge in [0.2, 0.25) is 0 Å². The second-order valence-corrected chi connectivity index (χ2v) is 5.08. The Balaban J connectivity index is 2.67.